The fourth-order valence-electron chi connectivity index (χ4n) is 1.81. The molecule has 2 rings (SSSR count). The van der Waals surface area contributed by atoms with Crippen molar-refractivity contribution in [2.75, 3.05) is 0 Å². The number of aliphatic imine (C=N–C) groups is 1. The van der Waals surface area contributed by atoms with Crippen LogP contribution in [-0.4, -0.2) is 17.3 Å². The summed E-state index contributed by atoms with van der Waals surface area (Å²) >= 11 is 6.06. The molecule has 2 aromatic carbocycles. The first kappa shape index (κ1) is 16.3. The topological polar surface area (TPSA) is 99.5 Å². The van der Waals surface area contributed by atoms with Gasteiger partial charge in [-0.05, 0) is 30.3 Å². The molecule has 0 heterocycles. The summed E-state index contributed by atoms with van der Waals surface area (Å²) in [5.41, 5.74) is 7.60. The molecule has 2 aromatic rings. The molecule has 0 amide bonds. The average Bonchev–Trinajstić information content (AvgIpc) is 2.56. The van der Waals surface area contributed by atoms with E-state index >= 15 is 0 Å². The molecule has 0 aliphatic heterocycles. The van der Waals surface area contributed by atoms with Gasteiger partial charge in [0.2, 0.25) is 0 Å². The second-order valence-corrected chi connectivity index (χ2v) is 4.94. The van der Waals surface area contributed by atoms with E-state index in [0.717, 1.165) is 0 Å². The van der Waals surface area contributed by atoms with Crippen molar-refractivity contribution in [1.29, 1.82) is 5.26 Å². The molecular formula is C17H12ClN3O2. The molecule has 0 atom stereocenters. The molecule has 0 aliphatic carbocycles. The Morgan fingerprint density at radius 2 is 1.87 bits per heavy atom. The SMILES string of the molecule is N#CC(C=Nc1ccc(C(=O)O)cc1)=C(N)c1ccccc1Cl. The minimum absolute atomic E-state index is 0.163. The van der Waals surface area contributed by atoms with E-state index in [0.29, 0.717) is 16.3 Å². The van der Waals surface area contributed by atoms with Crippen LogP contribution in [0.5, 0.6) is 0 Å². The quantitative estimate of drug-likeness (QED) is 0.662. The van der Waals surface area contributed by atoms with Crippen LogP contribution >= 0.6 is 11.6 Å². The number of allylic oxidation sites excluding steroid dienone is 1. The molecule has 114 valence electrons. The van der Waals surface area contributed by atoms with E-state index in [1.165, 1.54) is 18.3 Å². The molecule has 0 radical (unpaired) electrons. The molecule has 0 spiro atoms. The van der Waals surface area contributed by atoms with Crippen LogP contribution in [0, 0.1) is 11.3 Å². The van der Waals surface area contributed by atoms with Crippen LogP contribution in [0.4, 0.5) is 5.69 Å². The molecule has 23 heavy (non-hydrogen) atoms. The number of nitrogens with zero attached hydrogens (tertiary/aromatic N) is 2. The molecule has 5 nitrogen and oxygen atoms in total. The largest absolute Gasteiger partial charge is 0.478 e. The molecule has 3 N–H and O–H groups in total. The van der Waals surface area contributed by atoms with Gasteiger partial charge in [-0.2, -0.15) is 5.26 Å². The summed E-state index contributed by atoms with van der Waals surface area (Å²) < 4.78 is 0. The van der Waals surface area contributed by atoms with Gasteiger partial charge < -0.3 is 10.8 Å². The van der Waals surface area contributed by atoms with Crippen LogP contribution in [0.2, 0.25) is 5.02 Å². The van der Waals surface area contributed by atoms with E-state index in [4.69, 9.17) is 22.4 Å². The number of hydrogen-bond donors (Lipinski definition) is 2. The Morgan fingerprint density at radius 1 is 1.22 bits per heavy atom. The number of benzene rings is 2. The molecule has 0 fully saturated rings. The summed E-state index contributed by atoms with van der Waals surface area (Å²) in [5.74, 6) is -1.01. The summed E-state index contributed by atoms with van der Waals surface area (Å²) in [6.45, 7) is 0. The number of hydrogen-bond acceptors (Lipinski definition) is 4. The van der Waals surface area contributed by atoms with Gasteiger partial charge >= 0.3 is 5.97 Å². The average molecular weight is 326 g/mol. The Kier molecular flexibility index (Phi) is 5.13. The van der Waals surface area contributed by atoms with E-state index in [1.807, 2.05) is 6.07 Å². The zero-order chi connectivity index (χ0) is 16.8. The van der Waals surface area contributed by atoms with Gasteiger partial charge in [0.05, 0.1) is 22.5 Å². The predicted octanol–water partition coefficient (Wildman–Crippen LogP) is 3.63. The third kappa shape index (κ3) is 3.96. The van der Waals surface area contributed by atoms with Crippen molar-refractivity contribution in [2.24, 2.45) is 10.7 Å². The highest BCUT2D eigenvalue weighted by atomic mass is 35.5. The van der Waals surface area contributed by atoms with Crippen LogP contribution < -0.4 is 5.73 Å². The van der Waals surface area contributed by atoms with Crippen molar-refractivity contribution in [3.05, 3.63) is 70.3 Å². The minimum Gasteiger partial charge on any atom is -0.478 e. The molecule has 0 aliphatic rings. The lowest BCUT2D eigenvalue weighted by Gasteiger charge is -2.05. The van der Waals surface area contributed by atoms with E-state index < -0.39 is 5.97 Å². The first-order valence-electron chi connectivity index (χ1n) is 6.55. The molecular weight excluding hydrogens is 314 g/mol. The van der Waals surface area contributed by atoms with Gasteiger partial charge in [-0.3, -0.25) is 4.99 Å². The number of aromatic carboxylic acids is 1. The number of rotatable bonds is 4. The second-order valence-electron chi connectivity index (χ2n) is 4.53. The van der Waals surface area contributed by atoms with E-state index in [-0.39, 0.29) is 16.8 Å². The molecule has 0 unspecified atom stereocenters. The number of nitriles is 1. The van der Waals surface area contributed by atoms with Crippen molar-refractivity contribution < 1.29 is 9.90 Å². The number of halogens is 1. The third-order valence-electron chi connectivity index (χ3n) is 3.03. The summed E-state index contributed by atoms with van der Waals surface area (Å²) in [6.07, 6.45) is 1.33. The Hall–Kier alpha value is -3.10. The lowest BCUT2D eigenvalue weighted by molar-refractivity contribution is 0.0697. The van der Waals surface area contributed by atoms with E-state index in [1.54, 1.807) is 36.4 Å². The van der Waals surface area contributed by atoms with Gasteiger partial charge in [0, 0.05) is 16.8 Å². The number of carbonyl (C=O) groups is 1. The van der Waals surface area contributed by atoms with Gasteiger partial charge in [0.15, 0.2) is 0 Å². The maximum absolute atomic E-state index is 10.8. The molecule has 0 saturated heterocycles. The molecule has 6 heteroatoms. The van der Waals surface area contributed by atoms with E-state index in [9.17, 15) is 10.1 Å². The first-order chi connectivity index (χ1) is 11.0. The highest BCUT2D eigenvalue weighted by Gasteiger charge is 2.07. The smallest absolute Gasteiger partial charge is 0.335 e. The Labute approximate surface area is 138 Å². The predicted molar refractivity (Wildman–Crippen MR) is 89.7 cm³/mol. The highest BCUT2D eigenvalue weighted by molar-refractivity contribution is 6.32. The summed E-state index contributed by atoms with van der Waals surface area (Å²) in [5, 5.41) is 18.5. The number of nitrogens with two attached hydrogens (primary N) is 1. The normalized spacial score (nSPS) is 11.8. The molecule has 0 bridgehead atoms. The Balaban J connectivity index is 2.32. The lowest BCUT2D eigenvalue weighted by atomic mass is 10.1. The number of carboxylic acid groups (broad SMARTS) is 1. The number of carboxylic acids is 1. The maximum atomic E-state index is 10.8. The van der Waals surface area contributed by atoms with Crippen molar-refractivity contribution in [2.45, 2.75) is 0 Å². The van der Waals surface area contributed by atoms with Gasteiger partial charge in [-0.15, -0.1) is 0 Å². The van der Waals surface area contributed by atoms with Gasteiger partial charge in [0.1, 0.15) is 6.07 Å². The molecule has 0 saturated carbocycles. The van der Waals surface area contributed by atoms with Crippen LogP contribution in [0.15, 0.2) is 59.1 Å². The Morgan fingerprint density at radius 3 is 2.43 bits per heavy atom. The van der Waals surface area contributed by atoms with Crippen LogP contribution in [0.1, 0.15) is 15.9 Å². The van der Waals surface area contributed by atoms with Crippen molar-refractivity contribution in [3.8, 4) is 6.07 Å². The first-order valence-corrected chi connectivity index (χ1v) is 6.93. The van der Waals surface area contributed by atoms with Crippen LogP contribution in [0.3, 0.4) is 0 Å². The van der Waals surface area contributed by atoms with E-state index in [2.05, 4.69) is 4.99 Å². The van der Waals surface area contributed by atoms with Crippen molar-refractivity contribution >= 4 is 35.2 Å². The van der Waals surface area contributed by atoms with Crippen molar-refractivity contribution in [3.63, 3.8) is 0 Å². The molecule has 0 aromatic heterocycles. The summed E-state index contributed by atoms with van der Waals surface area (Å²) in [7, 11) is 0. The highest BCUT2D eigenvalue weighted by Crippen LogP contribution is 2.22. The summed E-state index contributed by atoms with van der Waals surface area (Å²) in [6, 6.07) is 14.9. The Bertz CT molecular complexity index is 834. The van der Waals surface area contributed by atoms with Crippen LogP contribution in [-0.2, 0) is 0 Å². The zero-order valence-electron chi connectivity index (χ0n) is 11.9. The zero-order valence-corrected chi connectivity index (χ0v) is 12.7. The summed E-state index contributed by atoms with van der Waals surface area (Å²) in [4.78, 5) is 14.9. The fourth-order valence-corrected chi connectivity index (χ4v) is 2.05. The van der Waals surface area contributed by atoms with Gasteiger partial charge in [0.25, 0.3) is 0 Å². The lowest BCUT2D eigenvalue weighted by Crippen LogP contribution is -2.02. The maximum Gasteiger partial charge on any atom is 0.335 e. The monoisotopic (exact) mass is 325 g/mol. The second kappa shape index (κ2) is 7.25. The standard InChI is InChI=1S/C17H12ClN3O2/c18-15-4-2-1-3-14(15)16(20)12(9-19)10-21-13-7-5-11(6-8-13)17(22)23/h1-8,10H,20H2,(H,22,23). The van der Waals surface area contributed by atoms with Gasteiger partial charge in [-0.25, -0.2) is 4.79 Å². The fraction of sp³-hybridized carbons (Fsp3) is 0. The van der Waals surface area contributed by atoms with Gasteiger partial charge in [-0.1, -0.05) is 29.8 Å². The minimum atomic E-state index is -1.01. The van der Waals surface area contributed by atoms with Crippen LogP contribution in [0.25, 0.3) is 5.70 Å². The van der Waals surface area contributed by atoms with Crippen molar-refractivity contribution in [1.82, 2.24) is 0 Å². The third-order valence-corrected chi connectivity index (χ3v) is 3.36.